The fourth-order valence-corrected chi connectivity index (χ4v) is 2.23. The summed E-state index contributed by atoms with van der Waals surface area (Å²) in [5.74, 6) is -1.20. The smallest absolute Gasteiger partial charge is 0.338 e. The van der Waals surface area contributed by atoms with Gasteiger partial charge in [-0.25, -0.2) is 4.79 Å². The van der Waals surface area contributed by atoms with Gasteiger partial charge < -0.3 is 4.74 Å². The second kappa shape index (κ2) is 6.61. The molecule has 0 heterocycles. The highest BCUT2D eigenvalue weighted by molar-refractivity contribution is 7.85. The van der Waals surface area contributed by atoms with Crippen LogP contribution in [0.4, 0.5) is 0 Å². The van der Waals surface area contributed by atoms with Crippen LogP contribution in [0.15, 0.2) is 18.2 Å². The Morgan fingerprint density at radius 1 is 1.00 bits per heavy atom. The molecule has 0 radical (unpaired) electrons. The van der Waals surface area contributed by atoms with Crippen LogP contribution in [0.1, 0.15) is 63.0 Å². The number of hydrogen-bond donors (Lipinski definition) is 1. The zero-order valence-electron chi connectivity index (χ0n) is 14.6. The van der Waals surface area contributed by atoms with E-state index < -0.39 is 21.8 Å². The molecule has 0 spiro atoms. The second-order valence-electron chi connectivity index (χ2n) is 7.72. The molecule has 0 atom stereocenters. The molecule has 0 saturated carbocycles. The van der Waals surface area contributed by atoms with E-state index >= 15 is 0 Å². The van der Waals surface area contributed by atoms with E-state index in [-0.39, 0.29) is 17.4 Å². The lowest BCUT2D eigenvalue weighted by Crippen LogP contribution is -2.19. The zero-order chi connectivity index (χ0) is 18.1. The third kappa shape index (κ3) is 6.31. The maximum Gasteiger partial charge on any atom is 0.338 e. The topological polar surface area (TPSA) is 80.7 Å². The Morgan fingerprint density at radius 2 is 1.43 bits per heavy atom. The number of benzene rings is 1. The van der Waals surface area contributed by atoms with Crippen molar-refractivity contribution in [1.82, 2.24) is 0 Å². The Balaban J connectivity index is 3.12. The van der Waals surface area contributed by atoms with Crippen molar-refractivity contribution < 1.29 is 22.5 Å². The third-order valence-electron chi connectivity index (χ3n) is 3.48. The maximum absolute atomic E-state index is 12.2. The van der Waals surface area contributed by atoms with Crippen molar-refractivity contribution in [3.05, 3.63) is 34.9 Å². The Kier molecular flexibility index (Phi) is 5.65. The standard InChI is InChI=1S/C17H26O5S/c1-16(2,3)13-9-12(10-14(11-13)17(4,5)6)15(18)22-7-8-23(19,20)21/h9-11H,7-8H2,1-6H3,(H,19,20,21). The van der Waals surface area contributed by atoms with Gasteiger partial charge in [0.15, 0.2) is 0 Å². The molecule has 0 bridgehead atoms. The molecule has 1 rings (SSSR count). The van der Waals surface area contributed by atoms with Crippen LogP contribution >= 0.6 is 0 Å². The van der Waals surface area contributed by atoms with Crippen LogP contribution in [0, 0.1) is 0 Å². The van der Waals surface area contributed by atoms with Gasteiger partial charge in [0.05, 0.1) is 5.56 Å². The van der Waals surface area contributed by atoms with Gasteiger partial charge in [-0.05, 0) is 34.1 Å². The summed E-state index contributed by atoms with van der Waals surface area (Å²) in [5.41, 5.74) is 2.13. The van der Waals surface area contributed by atoms with Gasteiger partial charge >= 0.3 is 5.97 Å². The van der Waals surface area contributed by atoms with Crippen LogP contribution in [-0.4, -0.2) is 31.3 Å². The number of rotatable bonds is 4. The molecule has 1 N–H and O–H groups in total. The molecular formula is C17H26O5S. The number of carbonyl (C=O) groups excluding carboxylic acids is 1. The van der Waals surface area contributed by atoms with E-state index in [4.69, 9.17) is 9.29 Å². The van der Waals surface area contributed by atoms with Gasteiger partial charge in [0.1, 0.15) is 12.4 Å². The Morgan fingerprint density at radius 3 is 1.78 bits per heavy atom. The van der Waals surface area contributed by atoms with Gasteiger partial charge in [0.2, 0.25) is 0 Å². The third-order valence-corrected chi connectivity index (χ3v) is 4.16. The minimum Gasteiger partial charge on any atom is -0.461 e. The monoisotopic (exact) mass is 342 g/mol. The predicted molar refractivity (Wildman–Crippen MR) is 90.5 cm³/mol. The minimum absolute atomic E-state index is 0.134. The lowest BCUT2D eigenvalue weighted by Gasteiger charge is -2.25. The molecule has 0 fully saturated rings. The van der Waals surface area contributed by atoms with Gasteiger partial charge in [0.25, 0.3) is 10.1 Å². The van der Waals surface area contributed by atoms with Crippen LogP contribution in [0.25, 0.3) is 0 Å². The predicted octanol–water partition coefficient (Wildman–Crippen LogP) is 3.33. The van der Waals surface area contributed by atoms with Crippen molar-refractivity contribution in [2.75, 3.05) is 12.4 Å². The number of hydrogen-bond acceptors (Lipinski definition) is 4. The molecule has 1 aromatic carbocycles. The van der Waals surface area contributed by atoms with E-state index in [9.17, 15) is 13.2 Å². The van der Waals surface area contributed by atoms with E-state index in [1.807, 2.05) is 0 Å². The van der Waals surface area contributed by atoms with E-state index in [0.29, 0.717) is 5.56 Å². The summed E-state index contributed by atoms with van der Waals surface area (Å²) in [6.45, 7) is 12.0. The first-order chi connectivity index (χ1) is 10.2. The largest absolute Gasteiger partial charge is 0.461 e. The molecule has 0 aliphatic rings. The summed E-state index contributed by atoms with van der Waals surface area (Å²) in [5, 5.41) is 0. The molecule has 5 nitrogen and oxygen atoms in total. The fraction of sp³-hybridized carbons (Fsp3) is 0.588. The first-order valence-electron chi connectivity index (χ1n) is 7.48. The molecule has 0 aliphatic heterocycles. The second-order valence-corrected chi connectivity index (χ2v) is 9.29. The summed E-state index contributed by atoms with van der Waals surface area (Å²) >= 11 is 0. The van der Waals surface area contributed by atoms with Crippen molar-refractivity contribution in [1.29, 1.82) is 0 Å². The normalized spacial score (nSPS) is 13.0. The van der Waals surface area contributed by atoms with E-state index in [1.165, 1.54) is 0 Å². The highest BCUT2D eigenvalue weighted by Gasteiger charge is 2.22. The Labute approximate surface area is 138 Å². The fourth-order valence-electron chi connectivity index (χ4n) is 1.93. The number of carbonyl (C=O) groups is 1. The summed E-state index contributed by atoms with van der Waals surface area (Å²) in [6, 6.07) is 5.62. The highest BCUT2D eigenvalue weighted by Crippen LogP contribution is 2.30. The van der Waals surface area contributed by atoms with Gasteiger partial charge in [-0.15, -0.1) is 0 Å². The summed E-state index contributed by atoms with van der Waals surface area (Å²) in [4.78, 5) is 12.2. The van der Waals surface area contributed by atoms with Gasteiger partial charge in [0, 0.05) is 0 Å². The zero-order valence-corrected chi connectivity index (χ0v) is 15.5. The first-order valence-corrected chi connectivity index (χ1v) is 9.09. The molecule has 130 valence electrons. The van der Waals surface area contributed by atoms with Crippen molar-refractivity contribution in [3.8, 4) is 0 Å². The van der Waals surface area contributed by atoms with Crippen molar-refractivity contribution in [2.45, 2.75) is 52.4 Å². The van der Waals surface area contributed by atoms with Crippen LogP contribution in [-0.2, 0) is 25.7 Å². The van der Waals surface area contributed by atoms with E-state index in [0.717, 1.165) is 11.1 Å². The maximum atomic E-state index is 12.2. The number of ether oxygens (including phenoxy) is 1. The van der Waals surface area contributed by atoms with Gasteiger partial charge in [-0.3, -0.25) is 4.55 Å². The average Bonchev–Trinajstić information content (AvgIpc) is 2.34. The summed E-state index contributed by atoms with van der Waals surface area (Å²) < 4.78 is 35.0. The molecule has 6 heteroatoms. The Bertz CT molecular complexity index is 644. The highest BCUT2D eigenvalue weighted by atomic mass is 32.2. The van der Waals surface area contributed by atoms with E-state index in [2.05, 4.69) is 47.6 Å². The van der Waals surface area contributed by atoms with Crippen molar-refractivity contribution >= 4 is 16.1 Å². The average molecular weight is 342 g/mol. The van der Waals surface area contributed by atoms with Crippen LogP contribution < -0.4 is 0 Å². The molecule has 0 unspecified atom stereocenters. The number of esters is 1. The van der Waals surface area contributed by atoms with Crippen LogP contribution in [0.2, 0.25) is 0 Å². The molecule has 0 aromatic heterocycles. The molecule has 0 saturated heterocycles. The van der Waals surface area contributed by atoms with Gasteiger partial charge in [-0.2, -0.15) is 8.42 Å². The van der Waals surface area contributed by atoms with Crippen LogP contribution in [0.3, 0.4) is 0 Å². The molecule has 0 aliphatic carbocycles. The summed E-state index contributed by atoms with van der Waals surface area (Å²) in [6.07, 6.45) is 0. The quantitative estimate of drug-likeness (QED) is 0.670. The lowest BCUT2D eigenvalue weighted by molar-refractivity contribution is 0.0528. The van der Waals surface area contributed by atoms with Crippen LogP contribution in [0.5, 0.6) is 0 Å². The molecular weight excluding hydrogens is 316 g/mol. The lowest BCUT2D eigenvalue weighted by atomic mass is 9.79. The SMILES string of the molecule is CC(C)(C)c1cc(C(=O)OCCS(=O)(=O)O)cc(C(C)(C)C)c1. The Hall–Kier alpha value is -1.40. The molecule has 23 heavy (non-hydrogen) atoms. The molecule has 1 aromatic rings. The minimum atomic E-state index is -4.14. The molecule has 0 amide bonds. The first kappa shape index (κ1) is 19.6. The van der Waals surface area contributed by atoms with Crippen molar-refractivity contribution in [3.63, 3.8) is 0 Å². The van der Waals surface area contributed by atoms with E-state index in [1.54, 1.807) is 12.1 Å². The van der Waals surface area contributed by atoms with Crippen molar-refractivity contribution in [2.24, 2.45) is 0 Å². The van der Waals surface area contributed by atoms with Gasteiger partial charge in [-0.1, -0.05) is 47.6 Å². The summed E-state index contributed by atoms with van der Waals surface area (Å²) in [7, 11) is -4.14.